The van der Waals surface area contributed by atoms with Crippen molar-refractivity contribution in [3.63, 3.8) is 0 Å². The number of piperidine rings is 2. The van der Waals surface area contributed by atoms with Crippen molar-refractivity contribution < 1.29 is 0 Å². The molecule has 22 heavy (non-hydrogen) atoms. The zero-order chi connectivity index (χ0) is 14.8. The quantitative estimate of drug-likeness (QED) is 0.628. The van der Waals surface area contributed by atoms with Gasteiger partial charge < -0.3 is 4.90 Å². The van der Waals surface area contributed by atoms with Crippen molar-refractivity contribution in [2.24, 2.45) is 23.7 Å². The molecule has 1 nitrogen and oxygen atoms in total. The van der Waals surface area contributed by atoms with Crippen LogP contribution in [0.1, 0.15) is 44.9 Å². The summed E-state index contributed by atoms with van der Waals surface area (Å²) in [6, 6.07) is 7.60. The summed E-state index contributed by atoms with van der Waals surface area (Å²) in [5.41, 5.74) is 1.28. The van der Waals surface area contributed by atoms with E-state index < -0.39 is 0 Å². The van der Waals surface area contributed by atoms with Crippen LogP contribution in [0.5, 0.6) is 0 Å². The van der Waals surface area contributed by atoms with Crippen LogP contribution in [0.2, 0.25) is 10.0 Å². The fraction of sp³-hybridized carbons (Fsp3) is 0.684. The molecule has 5 rings (SSSR count). The van der Waals surface area contributed by atoms with Gasteiger partial charge in [0.2, 0.25) is 0 Å². The molecule has 2 aliphatic carbocycles. The SMILES string of the molecule is Clc1cc(Cl)cc(N2C3CCC4CC5CCCC(C5C3)C42)c1. The Hall–Kier alpha value is -0.400. The van der Waals surface area contributed by atoms with Crippen molar-refractivity contribution in [1.29, 1.82) is 0 Å². The summed E-state index contributed by atoms with van der Waals surface area (Å²) in [6.45, 7) is 0. The van der Waals surface area contributed by atoms with Gasteiger partial charge in [-0.15, -0.1) is 0 Å². The molecule has 0 aromatic heterocycles. The second-order valence-corrected chi connectivity index (χ2v) is 8.88. The van der Waals surface area contributed by atoms with Gasteiger partial charge in [0.1, 0.15) is 0 Å². The molecule has 2 saturated carbocycles. The molecule has 2 saturated heterocycles. The van der Waals surface area contributed by atoms with Gasteiger partial charge in [-0.2, -0.15) is 0 Å². The highest BCUT2D eigenvalue weighted by Gasteiger charge is 2.55. The van der Waals surface area contributed by atoms with E-state index in [0.717, 1.165) is 45.8 Å². The molecule has 5 bridgehead atoms. The molecule has 4 fully saturated rings. The second-order valence-electron chi connectivity index (χ2n) is 8.01. The fourth-order valence-corrected chi connectivity index (χ4v) is 7.00. The van der Waals surface area contributed by atoms with Gasteiger partial charge in [-0.1, -0.05) is 36.0 Å². The number of rotatable bonds is 1. The van der Waals surface area contributed by atoms with Crippen LogP contribution in [0, 0.1) is 23.7 Å². The molecule has 0 radical (unpaired) electrons. The van der Waals surface area contributed by atoms with Crippen molar-refractivity contribution in [3.05, 3.63) is 28.2 Å². The largest absolute Gasteiger partial charge is 0.365 e. The van der Waals surface area contributed by atoms with Crippen LogP contribution in [0.4, 0.5) is 5.69 Å². The Balaban J connectivity index is 1.59. The molecule has 1 aromatic carbocycles. The van der Waals surface area contributed by atoms with Crippen LogP contribution in [-0.2, 0) is 0 Å². The summed E-state index contributed by atoms with van der Waals surface area (Å²) in [7, 11) is 0. The average Bonchev–Trinajstić information content (AvgIpc) is 2.44. The van der Waals surface area contributed by atoms with E-state index in [-0.39, 0.29) is 0 Å². The molecule has 6 atom stereocenters. The van der Waals surface area contributed by atoms with Gasteiger partial charge in [-0.25, -0.2) is 0 Å². The van der Waals surface area contributed by atoms with Gasteiger partial charge in [0.25, 0.3) is 0 Å². The van der Waals surface area contributed by atoms with E-state index in [1.54, 1.807) is 0 Å². The zero-order valence-electron chi connectivity index (χ0n) is 12.8. The van der Waals surface area contributed by atoms with Crippen LogP contribution in [0.25, 0.3) is 0 Å². The smallest absolute Gasteiger partial charge is 0.0441 e. The first-order chi connectivity index (χ1) is 10.7. The van der Waals surface area contributed by atoms with E-state index >= 15 is 0 Å². The molecule has 4 aliphatic rings. The lowest BCUT2D eigenvalue weighted by Crippen LogP contribution is -2.65. The summed E-state index contributed by atoms with van der Waals surface area (Å²) in [5.74, 6) is 3.87. The van der Waals surface area contributed by atoms with Gasteiger partial charge in [0.05, 0.1) is 0 Å². The molecule has 3 heteroatoms. The summed E-state index contributed by atoms with van der Waals surface area (Å²) in [4.78, 5) is 2.74. The van der Waals surface area contributed by atoms with Gasteiger partial charge in [-0.05, 0) is 74.0 Å². The molecular weight excluding hydrogens is 313 g/mol. The Bertz CT molecular complexity index is 581. The fourth-order valence-electron chi connectivity index (χ4n) is 6.48. The Morgan fingerprint density at radius 2 is 1.64 bits per heavy atom. The van der Waals surface area contributed by atoms with Crippen molar-refractivity contribution in [3.8, 4) is 0 Å². The van der Waals surface area contributed by atoms with Crippen LogP contribution in [0.3, 0.4) is 0 Å². The number of fused-ring (bicyclic) bond motifs is 1. The summed E-state index contributed by atoms with van der Waals surface area (Å²) in [6.07, 6.45) is 10.1. The summed E-state index contributed by atoms with van der Waals surface area (Å²) < 4.78 is 0. The van der Waals surface area contributed by atoms with Crippen LogP contribution < -0.4 is 4.90 Å². The van der Waals surface area contributed by atoms with Gasteiger partial charge in [0.15, 0.2) is 0 Å². The van der Waals surface area contributed by atoms with Crippen LogP contribution >= 0.6 is 23.2 Å². The second kappa shape index (κ2) is 5.05. The van der Waals surface area contributed by atoms with Crippen molar-refractivity contribution in [2.75, 3.05) is 4.90 Å². The monoisotopic (exact) mass is 335 g/mol. The van der Waals surface area contributed by atoms with Crippen molar-refractivity contribution in [2.45, 2.75) is 57.0 Å². The molecule has 6 unspecified atom stereocenters. The van der Waals surface area contributed by atoms with E-state index in [2.05, 4.69) is 17.0 Å². The van der Waals surface area contributed by atoms with Crippen LogP contribution in [-0.4, -0.2) is 12.1 Å². The van der Waals surface area contributed by atoms with Crippen molar-refractivity contribution >= 4 is 28.9 Å². The minimum absolute atomic E-state index is 0.720. The standard InChI is InChI=1S/C19H23Cl2N/c20-13-7-14(21)9-16(8-13)22-15-5-4-12-6-11-2-1-3-17(19(12)22)18(11)10-15/h7-9,11-12,15,17-19H,1-6,10H2. The third-order valence-corrected chi connectivity index (χ3v) is 7.51. The normalized spacial score (nSPS) is 42.5. The minimum Gasteiger partial charge on any atom is -0.365 e. The Labute approximate surface area is 143 Å². The number of hydrogen-bond donors (Lipinski definition) is 0. The maximum atomic E-state index is 6.30. The highest BCUT2D eigenvalue weighted by Crippen LogP contribution is 2.58. The third-order valence-electron chi connectivity index (χ3n) is 7.07. The number of halogens is 2. The van der Waals surface area contributed by atoms with Crippen molar-refractivity contribution in [1.82, 2.24) is 0 Å². The molecule has 2 aliphatic heterocycles. The Morgan fingerprint density at radius 3 is 2.45 bits per heavy atom. The Morgan fingerprint density at radius 1 is 0.818 bits per heavy atom. The highest BCUT2D eigenvalue weighted by molar-refractivity contribution is 6.35. The lowest BCUT2D eigenvalue weighted by molar-refractivity contribution is -0.0323. The first-order valence-corrected chi connectivity index (χ1v) is 9.71. The van der Waals surface area contributed by atoms with Gasteiger partial charge in [-0.3, -0.25) is 0 Å². The van der Waals surface area contributed by atoms with E-state index in [0.29, 0.717) is 0 Å². The molecule has 0 amide bonds. The van der Waals surface area contributed by atoms with E-state index in [1.807, 2.05) is 6.07 Å². The zero-order valence-corrected chi connectivity index (χ0v) is 14.4. The average molecular weight is 336 g/mol. The maximum Gasteiger partial charge on any atom is 0.0441 e. The molecule has 1 aromatic rings. The molecule has 118 valence electrons. The predicted octanol–water partition coefficient (Wildman–Crippen LogP) is 5.79. The predicted molar refractivity (Wildman–Crippen MR) is 92.8 cm³/mol. The maximum absolute atomic E-state index is 6.30. The lowest BCUT2D eigenvalue weighted by atomic mass is 9.52. The number of hydrogen-bond acceptors (Lipinski definition) is 1. The summed E-state index contributed by atoms with van der Waals surface area (Å²) in [5, 5.41) is 1.55. The summed E-state index contributed by atoms with van der Waals surface area (Å²) >= 11 is 12.6. The van der Waals surface area contributed by atoms with E-state index in [1.165, 1.54) is 50.6 Å². The van der Waals surface area contributed by atoms with E-state index in [4.69, 9.17) is 23.2 Å². The van der Waals surface area contributed by atoms with Gasteiger partial charge >= 0.3 is 0 Å². The van der Waals surface area contributed by atoms with Crippen LogP contribution in [0.15, 0.2) is 18.2 Å². The number of anilines is 1. The molecule has 0 N–H and O–H groups in total. The first-order valence-electron chi connectivity index (χ1n) is 8.95. The number of benzene rings is 1. The van der Waals surface area contributed by atoms with E-state index in [9.17, 15) is 0 Å². The lowest BCUT2D eigenvalue weighted by Gasteiger charge is -2.64. The number of nitrogens with zero attached hydrogens (tertiary/aromatic N) is 1. The molecular formula is C19H23Cl2N. The molecule has 0 spiro atoms. The topological polar surface area (TPSA) is 3.24 Å². The third kappa shape index (κ3) is 1.97. The highest BCUT2D eigenvalue weighted by atomic mass is 35.5. The van der Waals surface area contributed by atoms with Gasteiger partial charge in [0, 0.05) is 27.8 Å². The molecule has 2 heterocycles. The Kier molecular flexibility index (Phi) is 3.21. The minimum atomic E-state index is 0.720. The first kappa shape index (κ1) is 14.0.